The number of nitrogens with one attached hydrogen (secondary N) is 3. The van der Waals surface area contributed by atoms with Crippen molar-refractivity contribution in [3.8, 4) is 0 Å². The fourth-order valence-corrected chi connectivity index (χ4v) is 2.57. The normalized spacial score (nSPS) is 16.4. The van der Waals surface area contributed by atoms with Crippen molar-refractivity contribution in [1.82, 2.24) is 16.0 Å². The molecule has 0 saturated heterocycles. The first-order valence-electron chi connectivity index (χ1n) is 8.53. The third-order valence-corrected chi connectivity index (χ3v) is 4.04. The summed E-state index contributed by atoms with van der Waals surface area (Å²) in [6, 6.07) is 1.46. The van der Waals surface area contributed by atoms with Crippen molar-refractivity contribution in [1.29, 1.82) is 0 Å². The van der Waals surface area contributed by atoms with Crippen LogP contribution in [-0.4, -0.2) is 42.0 Å². The highest BCUT2D eigenvalue weighted by Gasteiger charge is 2.26. The molecule has 142 valence electrons. The number of ether oxygens (including phenoxy) is 1. The summed E-state index contributed by atoms with van der Waals surface area (Å²) in [6.45, 7) is 2.76. The fraction of sp³-hybridized carbons (Fsp3) is 0.529. The molecule has 0 bridgehead atoms. The lowest BCUT2D eigenvalue weighted by Gasteiger charge is -2.18. The van der Waals surface area contributed by atoms with E-state index in [1.807, 2.05) is 0 Å². The predicted octanol–water partition coefficient (Wildman–Crippen LogP) is 1.10. The van der Waals surface area contributed by atoms with Crippen LogP contribution in [0.4, 0.5) is 4.79 Å². The summed E-state index contributed by atoms with van der Waals surface area (Å²) in [5.41, 5.74) is 0. The van der Waals surface area contributed by atoms with Gasteiger partial charge in [0.05, 0.1) is 6.26 Å². The maximum Gasteiger partial charge on any atom is 0.329 e. The van der Waals surface area contributed by atoms with E-state index in [1.54, 1.807) is 6.07 Å². The predicted molar refractivity (Wildman–Crippen MR) is 90.1 cm³/mol. The third-order valence-electron chi connectivity index (χ3n) is 4.04. The molecule has 9 heteroatoms. The van der Waals surface area contributed by atoms with Gasteiger partial charge in [-0.05, 0) is 38.8 Å². The van der Waals surface area contributed by atoms with Gasteiger partial charge in [0.1, 0.15) is 6.04 Å². The number of urea groups is 1. The van der Waals surface area contributed by atoms with Crippen LogP contribution < -0.4 is 16.0 Å². The van der Waals surface area contributed by atoms with Gasteiger partial charge >= 0.3 is 12.0 Å². The van der Waals surface area contributed by atoms with Crippen molar-refractivity contribution in [2.24, 2.45) is 0 Å². The quantitative estimate of drug-likeness (QED) is 0.648. The summed E-state index contributed by atoms with van der Waals surface area (Å²) < 4.78 is 9.91. The van der Waals surface area contributed by atoms with Crippen molar-refractivity contribution in [3.63, 3.8) is 0 Å². The van der Waals surface area contributed by atoms with Gasteiger partial charge in [-0.25, -0.2) is 9.59 Å². The topological polar surface area (TPSA) is 127 Å². The van der Waals surface area contributed by atoms with Gasteiger partial charge in [0.15, 0.2) is 11.9 Å². The van der Waals surface area contributed by atoms with Crippen LogP contribution in [0, 0.1) is 0 Å². The number of hydrogen-bond acceptors (Lipinski definition) is 6. The van der Waals surface area contributed by atoms with E-state index < -0.39 is 36.0 Å². The molecule has 3 N–H and O–H groups in total. The first-order chi connectivity index (χ1) is 12.4. The molecule has 2 atom stereocenters. The second-order valence-corrected chi connectivity index (χ2v) is 6.20. The molecule has 0 spiro atoms. The second kappa shape index (κ2) is 9.02. The van der Waals surface area contributed by atoms with Crippen molar-refractivity contribution < 1.29 is 28.3 Å². The number of rotatable bonds is 6. The molecule has 1 heterocycles. The number of carbonyl (C=O) groups excluding carboxylic acids is 4. The van der Waals surface area contributed by atoms with E-state index in [2.05, 4.69) is 16.0 Å². The minimum atomic E-state index is -1.18. The standard InChI is InChI=1S/C17H23N3O6/c1-10(18-15(22)13-8-5-9-25-13)16(23)26-11(2)14(21)20-17(24)19-12-6-3-4-7-12/h5,8-12H,3-4,6-7H2,1-2H3,(H,18,22)(H2,19,20,21,24)/t10-,11+/m0/s1. The molecule has 2 rings (SSSR count). The van der Waals surface area contributed by atoms with E-state index in [4.69, 9.17) is 9.15 Å². The van der Waals surface area contributed by atoms with Gasteiger partial charge in [-0.3, -0.25) is 14.9 Å². The molecule has 1 aromatic rings. The lowest BCUT2D eigenvalue weighted by molar-refractivity contribution is -0.155. The van der Waals surface area contributed by atoms with Crippen LogP contribution >= 0.6 is 0 Å². The molecular weight excluding hydrogens is 342 g/mol. The first-order valence-corrected chi connectivity index (χ1v) is 8.53. The smallest absolute Gasteiger partial charge is 0.329 e. The highest BCUT2D eigenvalue weighted by atomic mass is 16.5. The zero-order valence-electron chi connectivity index (χ0n) is 14.7. The SMILES string of the molecule is C[C@H](NC(=O)c1ccco1)C(=O)O[C@H](C)C(=O)NC(=O)NC1CCCC1. The Kier molecular flexibility index (Phi) is 6.76. The van der Waals surface area contributed by atoms with Crippen LogP contribution in [0.25, 0.3) is 0 Å². The number of imide groups is 1. The average Bonchev–Trinajstić information content (AvgIpc) is 3.27. The first kappa shape index (κ1) is 19.5. The maximum absolute atomic E-state index is 12.0. The molecule has 1 aliphatic rings. The van der Waals surface area contributed by atoms with Gasteiger partial charge in [-0.2, -0.15) is 0 Å². The van der Waals surface area contributed by atoms with Gasteiger partial charge in [0.25, 0.3) is 11.8 Å². The van der Waals surface area contributed by atoms with Gasteiger partial charge in [0, 0.05) is 6.04 Å². The minimum absolute atomic E-state index is 0.0547. The van der Waals surface area contributed by atoms with Crippen LogP contribution in [0.2, 0.25) is 0 Å². The Bertz CT molecular complexity index is 651. The molecular formula is C17H23N3O6. The largest absolute Gasteiger partial charge is 0.459 e. The molecule has 1 saturated carbocycles. The number of esters is 1. The van der Waals surface area contributed by atoms with Gasteiger partial charge in [-0.1, -0.05) is 12.8 Å². The molecule has 9 nitrogen and oxygen atoms in total. The number of hydrogen-bond donors (Lipinski definition) is 3. The Morgan fingerprint density at radius 3 is 2.50 bits per heavy atom. The summed E-state index contributed by atoms with van der Waals surface area (Å²) in [5, 5.41) is 7.25. The molecule has 1 fully saturated rings. The lowest BCUT2D eigenvalue weighted by Crippen LogP contribution is -2.48. The third kappa shape index (κ3) is 5.61. The summed E-state index contributed by atoms with van der Waals surface area (Å²) in [4.78, 5) is 47.5. The van der Waals surface area contributed by atoms with Crippen molar-refractivity contribution in [3.05, 3.63) is 24.2 Å². The Labute approximate surface area is 150 Å². The summed E-state index contributed by atoms with van der Waals surface area (Å²) >= 11 is 0. The van der Waals surface area contributed by atoms with E-state index in [0.29, 0.717) is 0 Å². The van der Waals surface area contributed by atoms with Gasteiger partial charge < -0.3 is 19.8 Å². The fourth-order valence-electron chi connectivity index (χ4n) is 2.57. The van der Waals surface area contributed by atoms with Crippen molar-refractivity contribution in [2.75, 3.05) is 0 Å². The molecule has 4 amide bonds. The summed E-state index contributed by atoms with van der Waals surface area (Å²) in [5.74, 6) is -2.06. The van der Waals surface area contributed by atoms with Crippen LogP contribution in [0.5, 0.6) is 0 Å². The van der Waals surface area contributed by atoms with Crippen LogP contribution in [0.1, 0.15) is 50.1 Å². The number of furan rings is 1. The van der Waals surface area contributed by atoms with Gasteiger partial charge in [-0.15, -0.1) is 0 Å². The highest BCUT2D eigenvalue weighted by Crippen LogP contribution is 2.17. The molecule has 26 heavy (non-hydrogen) atoms. The molecule has 1 aliphatic carbocycles. The van der Waals surface area contributed by atoms with E-state index >= 15 is 0 Å². The Hall–Kier alpha value is -2.84. The van der Waals surface area contributed by atoms with Crippen LogP contribution in [0.15, 0.2) is 22.8 Å². The zero-order valence-corrected chi connectivity index (χ0v) is 14.7. The molecule has 0 aliphatic heterocycles. The van der Waals surface area contributed by atoms with Crippen molar-refractivity contribution >= 4 is 23.8 Å². The molecule has 0 unspecified atom stereocenters. The van der Waals surface area contributed by atoms with E-state index in [-0.39, 0.29) is 11.8 Å². The van der Waals surface area contributed by atoms with E-state index in [1.165, 1.54) is 26.2 Å². The summed E-state index contributed by atoms with van der Waals surface area (Å²) in [6.07, 6.45) is 4.03. The minimum Gasteiger partial charge on any atom is -0.459 e. The Morgan fingerprint density at radius 2 is 1.88 bits per heavy atom. The lowest BCUT2D eigenvalue weighted by atomic mass is 10.2. The van der Waals surface area contributed by atoms with Gasteiger partial charge in [0.2, 0.25) is 0 Å². The van der Waals surface area contributed by atoms with E-state index in [9.17, 15) is 19.2 Å². The van der Waals surface area contributed by atoms with Crippen LogP contribution in [-0.2, 0) is 14.3 Å². The van der Waals surface area contributed by atoms with Crippen molar-refractivity contribution in [2.45, 2.75) is 57.7 Å². The average molecular weight is 365 g/mol. The Balaban J connectivity index is 1.74. The Morgan fingerprint density at radius 1 is 1.19 bits per heavy atom. The van der Waals surface area contributed by atoms with Crippen LogP contribution in [0.3, 0.4) is 0 Å². The van der Waals surface area contributed by atoms with E-state index in [0.717, 1.165) is 25.7 Å². The molecule has 1 aromatic heterocycles. The monoisotopic (exact) mass is 365 g/mol. The number of amides is 4. The highest BCUT2D eigenvalue weighted by molar-refractivity contribution is 5.98. The number of carbonyl (C=O) groups is 4. The zero-order chi connectivity index (χ0) is 19.1. The molecule has 0 radical (unpaired) electrons. The summed E-state index contributed by atoms with van der Waals surface area (Å²) in [7, 11) is 0. The molecule has 0 aromatic carbocycles. The maximum atomic E-state index is 12.0. The second-order valence-electron chi connectivity index (χ2n) is 6.20.